The molecular formula is C26H41NO8. The molecule has 2 aliphatic carbocycles. The second-order valence-corrected chi connectivity index (χ2v) is 12.2. The number of nitrogens with zero attached hydrogens (tertiary/aromatic N) is 1. The average molecular weight is 496 g/mol. The molecule has 3 N–H and O–H groups in total. The summed E-state index contributed by atoms with van der Waals surface area (Å²) in [6.07, 6.45) is 0.799. The zero-order valence-corrected chi connectivity index (χ0v) is 21.6. The van der Waals surface area contributed by atoms with Crippen LogP contribution < -0.4 is 0 Å². The lowest BCUT2D eigenvalue weighted by atomic mass is 9.39. The molecule has 2 aliphatic heterocycles. The number of aliphatic hydroxyl groups excluding tert-OH is 1. The highest BCUT2D eigenvalue weighted by molar-refractivity contribution is 5.92. The molecule has 2 saturated carbocycles. The first-order valence-corrected chi connectivity index (χ1v) is 12.6. The number of carbonyl (C=O) groups is 2. The van der Waals surface area contributed by atoms with Crippen molar-refractivity contribution < 1.29 is 39.1 Å². The van der Waals surface area contributed by atoms with Gasteiger partial charge in [0.1, 0.15) is 5.60 Å². The number of Topliss-reactive ketones (excluding diaryl/α,β-unsaturated/α-hetero) is 1. The zero-order chi connectivity index (χ0) is 26.1. The van der Waals surface area contributed by atoms with E-state index < -0.39 is 57.2 Å². The number of hydrogen-bond acceptors (Lipinski definition) is 9. The maximum atomic E-state index is 13.9. The third-order valence-electron chi connectivity index (χ3n) is 9.66. The van der Waals surface area contributed by atoms with E-state index in [1.165, 1.54) is 13.0 Å². The molecule has 0 aromatic rings. The quantitative estimate of drug-likeness (QED) is 0.299. The van der Waals surface area contributed by atoms with Gasteiger partial charge in [-0.2, -0.15) is 0 Å². The predicted octanol–water partition coefficient (Wildman–Crippen LogP) is 1.18. The van der Waals surface area contributed by atoms with E-state index >= 15 is 0 Å². The maximum absolute atomic E-state index is 13.9. The molecule has 0 amide bonds. The Morgan fingerprint density at radius 1 is 1.17 bits per heavy atom. The summed E-state index contributed by atoms with van der Waals surface area (Å²) in [5.74, 6) is -3.89. The zero-order valence-electron chi connectivity index (χ0n) is 21.6. The van der Waals surface area contributed by atoms with Gasteiger partial charge in [0.25, 0.3) is 0 Å². The van der Waals surface area contributed by atoms with Gasteiger partial charge in [0.2, 0.25) is 5.79 Å². The fraction of sp³-hybridized carbons (Fsp3) is 0.846. The summed E-state index contributed by atoms with van der Waals surface area (Å²) in [5.41, 5.74) is -7.28. The first-order valence-electron chi connectivity index (χ1n) is 12.6. The standard InChI is InChI=1S/C26H41NO8/c1-7-22(4)15-19(29)26(32)23(5)17(14-18(28)24(26,6)35-22)21(2,3)8-9-25(23,31)34-20(30)16-27-10-12-33-13-11-27/h7,17-18,28,31-32H,1,8-16H2,2-6H3/t17-,18-,22-,23+,24+,25+,26-/m0/s1. The van der Waals surface area contributed by atoms with Crippen molar-refractivity contribution in [3.8, 4) is 0 Å². The normalized spacial score (nSPS) is 47.9. The molecule has 0 unspecified atom stereocenters. The average Bonchev–Trinajstić information content (AvgIpc) is 2.77. The summed E-state index contributed by atoms with van der Waals surface area (Å²) >= 11 is 0. The molecule has 4 fully saturated rings. The molecule has 0 bridgehead atoms. The Balaban J connectivity index is 1.79. The van der Waals surface area contributed by atoms with Crippen molar-refractivity contribution in [2.75, 3.05) is 32.8 Å². The molecule has 0 spiro atoms. The third kappa shape index (κ3) is 3.65. The number of carbonyl (C=O) groups excluding carboxylic acids is 2. The lowest BCUT2D eigenvalue weighted by Gasteiger charge is -2.71. The van der Waals surface area contributed by atoms with E-state index in [0.717, 1.165) is 0 Å². The van der Waals surface area contributed by atoms with Gasteiger partial charge < -0.3 is 29.5 Å². The van der Waals surface area contributed by atoms with Gasteiger partial charge in [-0.25, -0.2) is 0 Å². The van der Waals surface area contributed by atoms with Crippen LogP contribution in [0.2, 0.25) is 0 Å². The van der Waals surface area contributed by atoms with Gasteiger partial charge in [-0.15, -0.1) is 6.58 Å². The summed E-state index contributed by atoms with van der Waals surface area (Å²) in [6.45, 7) is 14.7. The summed E-state index contributed by atoms with van der Waals surface area (Å²) < 4.78 is 17.5. The topological polar surface area (TPSA) is 126 Å². The van der Waals surface area contributed by atoms with Gasteiger partial charge in [-0.05, 0) is 44.9 Å². The van der Waals surface area contributed by atoms with Crippen LogP contribution >= 0.6 is 0 Å². The molecule has 0 aromatic heterocycles. The molecule has 2 heterocycles. The number of rotatable bonds is 4. The van der Waals surface area contributed by atoms with Gasteiger partial charge >= 0.3 is 5.97 Å². The maximum Gasteiger partial charge on any atom is 0.322 e. The van der Waals surface area contributed by atoms with Crippen molar-refractivity contribution in [2.24, 2.45) is 16.7 Å². The fourth-order valence-corrected chi connectivity index (χ4v) is 7.38. The smallest absolute Gasteiger partial charge is 0.322 e. The minimum absolute atomic E-state index is 0.0346. The van der Waals surface area contributed by atoms with Crippen LogP contribution in [0.4, 0.5) is 0 Å². The Bertz CT molecular complexity index is 902. The number of fused-ring (bicyclic) bond motifs is 3. The number of ether oxygens (including phenoxy) is 3. The number of esters is 1. The van der Waals surface area contributed by atoms with Crippen LogP contribution in [0.15, 0.2) is 12.7 Å². The van der Waals surface area contributed by atoms with E-state index in [1.807, 2.05) is 18.7 Å². The second-order valence-electron chi connectivity index (χ2n) is 12.2. The molecule has 4 aliphatic rings. The largest absolute Gasteiger partial charge is 0.432 e. The second kappa shape index (κ2) is 8.33. The number of morpholine rings is 1. The van der Waals surface area contributed by atoms with Crippen LogP contribution in [0.25, 0.3) is 0 Å². The van der Waals surface area contributed by atoms with E-state index in [0.29, 0.717) is 32.7 Å². The molecule has 2 saturated heterocycles. The Morgan fingerprint density at radius 2 is 1.80 bits per heavy atom. The molecule has 9 nitrogen and oxygen atoms in total. The first-order chi connectivity index (χ1) is 16.1. The highest BCUT2D eigenvalue weighted by atomic mass is 16.7. The molecule has 198 valence electrons. The van der Waals surface area contributed by atoms with Crippen LogP contribution in [0.5, 0.6) is 0 Å². The molecule has 7 atom stereocenters. The van der Waals surface area contributed by atoms with Crippen LogP contribution in [-0.4, -0.2) is 93.5 Å². The fourth-order valence-electron chi connectivity index (χ4n) is 7.38. The van der Waals surface area contributed by atoms with E-state index in [2.05, 4.69) is 6.58 Å². The number of ketones is 1. The highest BCUT2D eigenvalue weighted by Gasteiger charge is 2.82. The van der Waals surface area contributed by atoms with E-state index in [4.69, 9.17) is 14.2 Å². The highest BCUT2D eigenvalue weighted by Crippen LogP contribution is 2.69. The molecule has 4 rings (SSSR count). The van der Waals surface area contributed by atoms with Gasteiger partial charge in [-0.1, -0.05) is 19.9 Å². The van der Waals surface area contributed by atoms with E-state index in [-0.39, 0.29) is 25.8 Å². The van der Waals surface area contributed by atoms with Crippen molar-refractivity contribution in [1.29, 1.82) is 0 Å². The molecule has 35 heavy (non-hydrogen) atoms. The lowest BCUT2D eigenvalue weighted by Crippen LogP contribution is -2.86. The Labute approximate surface area is 207 Å². The van der Waals surface area contributed by atoms with E-state index in [1.54, 1.807) is 13.8 Å². The monoisotopic (exact) mass is 495 g/mol. The summed E-state index contributed by atoms with van der Waals surface area (Å²) in [5, 5.41) is 35.9. The van der Waals surface area contributed by atoms with Gasteiger partial charge in [-0.3, -0.25) is 14.5 Å². The van der Waals surface area contributed by atoms with Crippen LogP contribution in [0.3, 0.4) is 0 Å². The van der Waals surface area contributed by atoms with Crippen molar-refractivity contribution in [2.45, 2.75) is 89.0 Å². The van der Waals surface area contributed by atoms with Gasteiger partial charge in [0.05, 0.1) is 36.9 Å². The Kier molecular flexibility index (Phi) is 6.35. The van der Waals surface area contributed by atoms with Crippen LogP contribution in [0, 0.1) is 16.7 Å². The molecule has 0 radical (unpaired) electrons. The Hall–Kier alpha value is -1.36. The minimum atomic E-state index is -2.32. The van der Waals surface area contributed by atoms with Crippen molar-refractivity contribution in [3.05, 3.63) is 12.7 Å². The SMILES string of the molecule is C=C[C@@]1(C)CC(=O)[C@]2(O)[C@]3(C)[C@@H](C[C@H](O)[C@@]2(C)O1)C(C)(C)CC[C@@]3(O)OC(=O)CN1CCOCC1. The van der Waals surface area contributed by atoms with Crippen molar-refractivity contribution in [3.63, 3.8) is 0 Å². The van der Waals surface area contributed by atoms with Crippen LogP contribution in [-0.2, 0) is 23.8 Å². The summed E-state index contributed by atoms with van der Waals surface area (Å²) in [4.78, 5) is 28.8. The summed E-state index contributed by atoms with van der Waals surface area (Å²) in [6, 6.07) is 0. The summed E-state index contributed by atoms with van der Waals surface area (Å²) in [7, 11) is 0. The molecule has 9 heteroatoms. The first kappa shape index (κ1) is 26.7. The predicted molar refractivity (Wildman–Crippen MR) is 126 cm³/mol. The number of aliphatic hydroxyl groups is 3. The minimum Gasteiger partial charge on any atom is -0.432 e. The Morgan fingerprint density at radius 3 is 2.40 bits per heavy atom. The van der Waals surface area contributed by atoms with Gasteiger partial charge in [0.15, 0.2) is 11.4 Å². The molecular weight excluding hydrogens is 454 g/mol. The van der Waals surface area contributed by atoms with Gasteiger partial charge in [0, 0.05) is 25.9 Å². The lowest BCUT2D eigenvalue weighted by molar-refractivity contribution is -0.402. The third-order valence-corrected chi connectivity index (χ3v) is 9.66. The molecule has 0 aromatic carbocycles. The number of hydrogen-bond donors (Lipinski definition) is 3. The van der Waals surface area contributed by atoms with Crippen molar-refractivity contribution >= 4 is 11.8 Å². The van der Waals surface area contributed by atoms with Crippen LogP contribution in [0.1, 0.15) is 60.3 Å². The van der Waals surface area contributed by atoms with Crippen molar-refractivity contribution in [1.82, 2.24) is 4.90 Å². The van der Waals surface area contributed by atoms with E-state index in [9.17, 15) is 24.9 Å².